The van der Waals surface area contributed by atoms with Crippen molar-refractivity contribution in [3.05, 3.63) is 30.1 Å². The average Bonchev–Trinajstić information content (AvgIpc) is 3.14. The van der Waals surface area contributed by atoms with E-state index in [9.17, 15) is 4.79 Å². The van der Waals surface area contributed by atoms with Crippen LogP contribution in [-0.2, 0) is 11.2 Å². The van der Waals surface area contributed by atoms with Crippen LogP contribution in [0.4, 0.5) is 0 Å². The number of nitrogens with zero attached hydrogens (tertiary/aromatic N) is 1. The van der Waals surface area contributed by atoms with Gasteiger partial charge in [-0.25, -0.2) is 0 Å². The number of carbonyl (C=O) groups excluding carboxylic acids is 1. The van der Waals surface area contributed by atoms with Crippen LogP contribution in [0.1, 0.15) is 24.8 Å². The SMILES string of the molecule is NC(CC(=O)NCCc1cccnc1)C1CC1. The molecular weight excluding hydrogens is 214 g/mol. The quantitative estimate of drug-likeness (QED) is 0.766. The minimum atomic E-state index is 0.0494. The van der Waals surface area contributed by atoms with E-state index in [1.807, 2.05) is 18.3 Å². The summed E-state index contributed by atoms with van der Waals surface area (Å²) in [5.41, 5.74) is 7.03. The molecule has 17 heavy (non-hydrogen) atoms. The van der Waals surface area contributed by atoms with Crippen molar-refractivity contribution in [1.29, 1.82) is 0 Å². The van der Waals surface area contributed by atoms with E-state index in [0.717, 1.165) is 12.0 Å². The molecule has 1 unspecified atom stereocenters. The van der Waals surface area contributed by atoms with Gasteiger partial charge in [0, 0.05) is 31.4 Å². The monoisotopic (exact) mass is 233 g/mol. The number of nitrogens with one attached hydrogen (secondary N) is 1. The standard InChI is InChI=1S/C13H19N3O/c14-12(11-3-4-11)8-13(17)16-7-5-10-2-1-6-15-9-10/h1-2,6,9,11-12H,3-5,7-8,14H2,(H,16,17). The lowest BCUT2D eigenvalue weighted by Gasteiger charge is -2.10. The van der Waals surface area contributed by atoms with Crippen molar-refractivity contribution < 1.29 is 4.79 Å². The molecule has 1 fully saturated rings. The van der Waals surface area contributed by atoms with E-state index in [2.05, 4.69) is 10.3 Å². The molecule has 1 saturated carbocycles. The summed E-state index contributed by atoms with van der Waals surface area (Å²) in [7, 11) is 0. The molecule has 0 aromatic carbocycles. The smallest absolute Gasteiger partial charge is 0.221 e. The number of pyridine rings is 1. The zero-order chi connectivity index (χ0) is 12.1. The Balaban J connectivity index is 1.63. The highest BCUT2D eigenvalue weighted by atomic mass is 16.1. The first-order valence-corrected chi connectivity index (χ1v) is 6.17. The van der Waals surface area contributed by atoms with Crippen molar-refractivity contribution in [2.75, 3.05) is 6.54 Å². The summed E-state index contributed by atoms with van der Waals surface area (Å²) < 4.78 is 0. The van der Waals surface area contributed by atoms with Gasteiger partial charge in [-0.15, -0.1) is 0 Å². The highest BCUT2D eigenvalue weighted by Gasteiger charge is 2.29. The van der Waals surface area contributed by atoms with Gasteiger partial charge >= 0.3 is 0 Å². The third-order valence-corrected chi connectivity index (χ3v) is 3.11. The van der Waals surface area contributed by atoms with Crippen molar-refractivity contribution in [3.8, 4) is 0 Å². The third-order valence-electron chi connectivity index (χ3n) is 3.11. The molecule has 1 aromatic rings. The Morgan fingerprint density at radius 3 is 3.06 bits per heavy atom. The lowest BCUT2D eigenvalue weighted by atomic mass is 10.1. The Hall–Kier alpha value is -1.42. The van der Waals surface area contributed by atoms with E-state index in [0.29, 0.717) is 18.9 Å². The maximum atomic E-state index is 11.6. The molecule has 1 atom stereocenters. The fourth-order valence-electron chi connectivity index (χ4n) is 1.87. The molecule has 0 saturated heterocycles. The first-order chi connectivity index (χ1) is 8.25. The van der Waals surface area contributed by atoms with E-state index in [1.165, 1.54) is 12.8 Å². The normalized spacial score (nSPS) is 16.5. The molecule has 1 aromatic heterocycles. The summed E-state index contributed by atoms with van der Waals surface area (Å²) in [4.78, 5) is 15.6. The van der Waals surface area contributed by atoms with Gasteiger partial charge < -0.3 is 11.1 Å². The van der Waals surface area contributed by atoms with Crippen LogP contribution in [0.2, 0.25) is 0 Å². The van der Waals surface area contributed by atoms with Crippen LogP contribution >= 0.6 is 0 Å². The number of hydrogen-bond donors (Lipinski definition) is 2. The van der Waals surface area contributed by atoms with Gasteiger partial charge in [0.2, 0.25) is 5.91 Å². The molecule has 4 nitrogen and oxygen atoms in total. The van der Waals surface area contributed by atoms with E-state index in [-0.39, 0.29) is 11.9 Å². The van der Waals surface area contributed by atoms with E-state index >= 15 is 0 Å². The maximum absolute atomic E-state index is 11.6. The summed E-state index contributed by atoms with van der Waals surface area (Å²) in [6.45, 7) is 0.655. The number of aromatic nitrogens is 1. The Morgan fingerprint density at radius 2 is 2.41 bits per heavy atom. The first kappa shape index (κ1) is 12.0. The molecule has 1 aliphatic carbocycles. The van der Waals surface area contributed by atoms with Crippen molar-refractivity contribution in [2.45, 2.75) is 31.7 Å². The topological polar surface area (TPSA) is 68.0 Å². The fourth-order valence-corrected chi connectivity index (χ4v) is 1.87. The van der Waals surface area contributed by atoms with Crippen LogP contribution < -0.4 is 11.1 Å². The Kier molecular flexibility index (Phi) is 4.09. The number of nitrogens with two attached hydrogens (primary N) is 1. The molecule has 92 valence electrons. The third kappa shape index (κ3) is 4.15. The minimum Gasteiger partial charge on any atom is -0.356 e. The van der Waals surface area contributed by atoms with E-state index < -0.39 is 0 Å². The molecule has 0 bridgehead atoms. The van der Waals surface area contributed by atoms with Gasteiger partial charge in [-0.2, -0.15) is 0 Å². The first-order valence-electron chi connectivity index (χ1n) is 6.17. The van der Waals surface area contributed by atoms with Crippen LogP contribution in [-0.4, -0.2) is 23.5 Å². The molecule has 2 rings (SSSR count). The largest absolute Gasteiger partial charge is 0.356 e. The second kappa shape index (κ2) is 5.77. The van der Waals surface area contributed by atoms with Crippen molar-refractivity contribution >= 4 is 5.91 Å². The number of hydrogen-bond acceptors (Lipinski definition) is 3. The second-order valence-electron chi connectivity index (χ2n) is 4.67. The molecule has 0 radical (unpaired) electrons. The zero-order valence-corrected chi connectivity index (χ0v) is 9.93. The average molecular weight is 233 g/mol. The van der Waals surface area contributed by atoms with Gasteiger partial charge in [0.25, 0.3) is 0 Å². The molecule has 1 amide bonds. The predicted molar refractivity (Wildman–Crippen MR) is 66.3 cm³/mol. The van der Waals surface area contributed by atoms with Crippen molar-refractivity contribution in [2.24, 2.45) is 11.7 Å². The summed E-state index contributed by atoms with van der Waals surface area (Å²) in [5, 5.41) is 2.90. The number of carbonyl (C=O) groups is 1. The van der Waals surface area contributed by atoms with Crippen molar-refractivity contribution in [3.63, 3.8) is 0 Å². The van der Waals surface area contributed by atoms with Crippen LogP contribution in [0.5, 0.6) is 0 Å². The van der Waals surface area contributed by atoms with Gasteiger partial charge in [0.1, 0.15) is 0 Å². The molecular formula is C13H19N3O. The maximum Gasteiger partial charge on any atom is 0.221 e. The summed E-state index contributed by atoms with van der Waals surface area (Å²) >= 11 is 0. The minimum absolute atomic E-state index is 0.0494. The van der Waals surface area contributed by atoms with Crippen molar-refractivity contribution in [1.82, 2.24) is 10.3 Å². The van der Waals surface area contributed by atoms with E-state index in [1.54, 1.807) is 6.20 Å². The Morgan fingerprint density at radius 1 is 1.59 bits per heavy atom. The van der Waals surface area contributed by atoms with Crippen LogP contribution in [0.15, 0.2) is 24.5 Å². The molecule has 1 heterocycles. The second-order valence-corrected chi connectivity index (χ2v) is 4.67. The highest BCUT2D eigenvalue weighted by molar-refractivity contribution is 5.76. The van der Waals surface area contributed by atoms with Crippen LogP contribution in [0, 0.1) is 5.92 Å². The van der Waals surface area contributed by atoms with Gasteiger partial charge in [-0.1, -0.05) is 6.07 Å². The van der Waals surface area contributed by atoms with Gasteiger partial charge in [0.15, 0.2) is 0 Å². The lowest BCUT2D eigenvalue weighted by molar-refractivity contribution is -0.121. The molecule has 1 aliphatic rings. The van der Waals surface area contributed by atoms with E-state index in [4.69, 9.17) is 5.73 Å². The van der Waals surface area contributed by atoms with Gasteiger partial charge in [0.05, 0.1) is 0 Å². The predicted octanol–water partition coefficient (Wildman–Crippen LogP) is 0.868. The molecule has 0 spiro atoms. The van der Waals surface area contributed by atoms with Crippen LogP contribution in [0.25, 0.3) is 0 Å². The summed E-state index contributed by atoms with van der Waals surface area (Å²) in [6, 6.07) is 3.96. The fraction of sp³-hybridized carbons (Fsp3) is 0.538. The van der Waals surface area contributed by atoms with Crippen LogP contribution in [0.3, 0.4) is 0 Å². The zero-order valence-electron chi connectivity index (χ0n) is 9.93. The Labute approximate surface area is 102 Å². The highest BCUT2D eigenvalue weighted by Crippen LogP contribution is 2.32. The number of amides is 1. The Bertz CT molecular complexity index is 362. The summed E-state index contributed by atoms with van der Waals surface area (Å²) in [5.74, 6) is 0.646. The lowest BCUT2D eigenvalue weighted by Crippen LogP contribution is -2.33. The number of rotatable bonds is 6. The molecule has 3 N–H and O–H groups in total. The van der Waals surface area contributed by atoms with Gasteiger partial charge in [-0.3, -0.25) is 9.78 Å². The summed E-state index contributed by atoms with van der Waals surface area (Å²) in [6.07, 6.45) is 7.21. The molecule has 4 heteroatoms. The van der Waals surface area contributed by atoms with Gasteiger partial charge in [-0.05, 0) is 36.8 Å². The molecule has 0 aliphatic heterocycles.